The molecule has 1 aromatic carbocycles. The summed E-state index contributed by atoms with van der Waals surface area (Å²) >= 11 is 0. The van der Waals surface area contributed by atoms with Gasteiger partial charge in [0.05, 0.1) is 11.7 Å². The van der Waals surface area contributed by atoms with Crippen molar-refractivity contribution in [1.29, 1.82) is 0 Å². The smallest absolute Gasteiger partial charge is 0.228 e. The summed E-state index contributed by atoms with van der Waals surface area (Å²) in [5.74, 6) is 1.21. The number of halogens is 2. The van der Waals surface area contributed by atoms with Gasteiger partial charge in [-0.05, 0) is 63.4 Å². The fourth-order valence-electron chi connectivity index (χ4n) is 5.67. The Morgan fingerprint density at radius 3 is 2.65 bits per heavy atom. The summed E-state index contributed by atoms with van der Waals surface area (Å²) in [6, 6.07) is 5.32. The van der Waals surface area contributed by atoms with Crippen LogP contribution in [0.25, 0.3) is 22.2 Å². The summed E-state index contributed by atoms with van der Waals surface area (Å²) in [5, 5.41) is 6.51. The molecule has 5 heterocycles. The monoisotopic (exact) mass is 504 g/mol. The van der Waals surface area contributed by atoms with Crippen LogP contribution in [0.5, 0.6) is 0 Å². The number of anilines is 2. The van der Waals surface area contributed by atoms with E-state index >= 15 is 0 Å². The summed E-state index contributed by atoms with van der Waals surface area (Å²) in [5.41, 5.74) is 2.60. The molecule has 0 spiro atoms. The molecule has 37 heavy (non-hydrogen) atoms. The highest BCUT2D eigenvalue weighted by atomic mass is 19.1. The minimum absolute atomic E-state index is 0.0844. The van der Waals surface area contributed by atoms with Gasteiger partial charge in [0.1, 0.15) is 23.0 Å². The molecule has 192 valence electrons. The highest BCUT2D eigenvalue weighted by Crippen LogP contribution is 2.33. The van der Waals surface area contributed by atoms with Crippen LogP contribution in [0, 0.1) is 24.5 Å². The topological polar surface area (TPSA) is 83.8 Å². The first kappa shape index (κ1) is 23.9. The fraction of sp³-hybridized carbons (Fsp3) is 0.407. The van der Waals surface area contributed by atoms with Gasteiger partial charge in [0.15, 0.2) is 5.82 Å². The number of nitrogens with zero attached hydrogens (tertiary/aromatic N) is 6. The normalized spacial score (nSPS) is 19.7. The Balaban J connectivity index is 1.22. The molecular weight excluding hydrogens is 474 g/mol. The molecule has 0 aliphatic carbocycles. The largest absolute Gasteiger partial charge is 0.326 e. The number of rotatable bonds is 6. The third-order valence-electron chi connectivity index (χ3n) is 7.47. The number of hydrogen-bond donors (Lipinski definition) is 2. The highest BCUT2D eigenvalue weighted by molar-refractivity contribution is 5.84. The van der Waals surface area contributed by atoms with Crippen molar-refractivity contribution in [3.63, 3.8) is 0 Å². The van der Waals surface area contributed by atoms with Gasteiger partial charge in [-0.1, -0.05) is 0 Å². The van der Waals surface area contributed by atoms with Crippen LogP contribution in [0.4, 0.5) is 20.5 Å². The summed E-state index contributed by atoms with van der Waals surface area (Å²) in [6.45, 7) is 9.95. The van der Waals surface area contributed by atoms with E-state index in [-0.39, 0.29) is 17.1 Å². The molecule has 2 aliphatic rings. The Morgan fingerprint density at radius 2 is 1.89 bits per heavy atom. The number of benzene rings is 1. The Morgan fingerprint density at radius 1 is 1.08 bits per heavy atom. The van der Waals surface area contributed by atoms with E-state index in [0.717, 1.165) is 43.9 Å². The van der Waals surface area contributed by atoms with E-state index in [0.29, 0.717) is 34.7 Å². The molecule has 2 aliphatic heterocycles. The van der Waals surface area contributed by atoms with E-state index in [1.54, 1.807) is 12.1 Å². The van der Waals surface area contributed by atoms with Crippen molar-refractivity contribution in [3.05, 3.63) is 59.8 Å². The van der Waals surface area contributed by atoms with Crippen LogP contribution >= 0.6 is 0 Å². The van der Waals surface area contributed by atoms with Crippen LogP contribution in [0.15, 0.2) is 36.8 Å². The molecule has 0 amide bonds. The van der Waals surface area contributed by atoms with Gasteiger partial charge in [0.25, 0.3) is 0 Å². The van der Waals surface area contributed by atoms with Crippen molar-refractivity contribution in [2.75, 3.05) is 25.0 Å². The molecule has 0 bridgehead atoms. The number of piperidine rings is 1. The molecule has 0 unspecified atom stereocenters. The number of imidazole rings is 1. The van der Waals surface area contributed by atoms with Gasteiger partial charge in [-0.25, -0.2) is 28.7 Å². The van der Waals surface area contributed by atoms with Gasteiger partial charge >= 0.3 is 0 Å². The summed E-state index contributed by atoms with van der Waals surface area (Å²) in [7, 11) is 0. The van der Waals surface area contributed by atoms with Crippen molar-refractivity contribution in [2.45, 2.75) is 45.8 Å². The van der Waals surface area contributed by atoms with E-state index in [9.17, 15) is 8.78 Å². The molecular formula is C27H30F2N8. The average molecular weight is 505 g/mol. The Hall–Kier alpha value is -3.50. The molecule has 10 heteroatoms. The molecule has 2 atom stereocenters. The number of aromatic nitrogens is 5. The zero-order valence-corrected chi connectivity index (χ0v) is 21.2. The minimum Gasteiger partial charge on any atom is -0.326 e. The quantitative estimate of drug-likeness (QED) is 0.397. The van der Waals surface area contributed by atoms with Crippen LogP contribution in [-0.2, 0) is 6.54 Å². The molecule has 3 aromatic heterocycles. The number of pyridine rings is 1. The van der Waals surface area contributed by atoms with Gasteiger partial charge in [-0.15, -0.1) is 0 Å². The van der Waals surface area contributed by atoms with Gasteiger partial charge < -0.3 is 15.2 Å². The van der Waals surface area contributed by atoms with E-state index in [1.165, 1.54) is 12.5 Å². The summed E-state index contributed by atoms with van der Waals surface area (Å²) < 4.78 is 31.8. The first-order valence-corrected chi connectivity index (χ1v) is 12.7. The molecule has 0 saturated carbocycles. The van der Waals surface area contributed by atoms with Gasteiger partial charge in [0.2, 0.25) is 5.95 Å². The number of aryl methyl sites for hydroxylation is 1. The first-order valence-electron chi connectivity index (χ1n) is 12.7. The Labute approximate surface area is 214 Å². The van der Waals surface area contributed by atoms with E-state index in [4.69, 9.17) is 0 Å². The van der Waals surface area contributed by atoms with Crippen LogP contribution in [0.3, 0.4) is 0 Å². The number of likely N-dealkylation sites (tertiary alicyclic amines) is 1. The zero-order chi connectivity index (χ0) is 25.7. The fourth-order valence-corrected chi connectivity index (χ4v) is 5.67. The molecule has 2 fully saturated rings. The van der Waals surface area contributed by atoms with E-state index in [1.807, 2.05) is 37.7 Å². The number of nitrogens with one attached hydrogen (secondary N) is 2. The van der Waals surface area contributed by atoms with Gasteiger partial charge in [0, 0.05) is 55.2 Å². The highest BCUT2D eigenvalue weighted by Gasteiger charge is 2.39. The molecule has 2 N–H and O–H groups in total. The summed E-state index contributed by atoms with van der Waals surface area (Å²) in [6.07, 6.45) is 5.98. The maximum Gasteiger partial charge on any atom is 0.228 e. The molecule has 4 aromatic rings. The van der Waals surface area contributed by atoms with Crippen molar-refractivity contribution >= 4 is 22.8 Å². The van der Waals surface area contributed by atoms with Crippen molar-refractivity contribution in [1.82, 2.24) is 34.7 Å². The lowest BCUT2D eigenvalue weighted by molar-refractivity contribution is -0.0115. The molecule has 6 rings (SSSR count). The van der Waals surface area contributed by atoms with Crippen LogP contribution in [0.2, 0.25) is 0 Å². The lowest BCUT2D eigenvalue weighted by Crippen LogP contribution is -2.62. The maximum atomic E-state index is 15.0. The SMILES string of the molecule is Cc1nc2c(F)cc(-c3cc(Nc4ncc(CN5C[C@@H]6CCNC[C@@H]65)cn4)ncc3F)cc2n1C(C)C. The second kappa shape index (κ2) is 9.42. The predicted molar refractivity (Wildman–Crippen MR) is 138 cm³/mol. The Kier molecular flexibility index (Phi) is 6.08. The van der Waals surface area contributed by atoms with Crippen molar-refractivity contribution < 1.29 is 8.78 Å². The van der Waals surface area contributed by atoms with Gasteiger partial charge in [-0.3, -0.25) is 4.90 Å². The number of fused-ring (bicyclic) bond motifs is 2. The van der Waals surface area contributed by atoms with E-state index < -0.39 is 11.6 Å². The van der Waals surface area contributed by atoms with Crippen molar-refractivity contribution in [3.8, 4) is 11.1 Å². The lowest BCUT2D eigenvalue weighted by Gasteiger charge is -2.51. The van der Waals surface area contributed by atoms with Crippen LogP contribution in [0.1, 0.15) is 37.7 Å². The minimum atomic E-state index is -0.544. The third kappa shape index (κ3) is 4.44. The predicted octanol–water partition coefficient (Wildman–Crippen LogP) is 4.59. The van der Waals surface area contributed by atoms with Crippen molar-refractivity contribution in [2.24, 2.45) is 5.92 Å². The average Bonchev–Trinajstić information content (AvgIpc) is 3.21. The first-order chi connectivity index (χ1) is 17.9. The second-order valence-electron chi connectivity index (χ2n) is 10.3. The van der Waals surface area contributed by atoms with E-state index in [2.05, 4.69) is 35.5 Å². The van der Waals surface area contributed by atoms with Crippen LogP contribution in [-0.4, -0.2) is 55.1 Å². The molecule has 8 nitrogen and oxygen atoms in total. The number of hydrogen-bond acceptors (Lipinski definition) is 7. The molecule has 0 radical (unpaired) electrons. The zero-order valence-electron chi connectivity index (χ0n) is 21.2. The third-order valence-corrected chi connectivity index (χ3v) is 7.47. The maximum absolute atomic E-state index is 15.0. The Bertz CT molecular complexity index is 1450. The summed E-state index contributed by atoms with van der Waals surface area (Å²) in [4.78, 5) is 19.8. The lowest BCUT2D eigenvalue weighted by atomic mass is 9.83. The van der Waals surface area contributed by atoms with Gasteiger partial charge in [-0.2, -0.15) is 0 Å². The second-order valence-corrected chi connectivity index (χ2v) is 10.3. The standard InChI is InChI=1S/C27H30F2N8/c1-15(2)37-16(3)34-26-21(28)6-19(7-23(26)37)20-8-25(31-11-22(20)29)35-27-32-9-17(10-33-27)13-36-14-18-4-5-30-12-24(18)36/h6-11,15,18,24,30H,4-5,12-14H2,1-3H3,(H,31,32,33,35)/t18-,24-/m0/s1. The van der Waals surface area contributed by atoms with Crippen LogP contribution < -0.4 is 10.6 Å². The molecule has 2 saturated heterocycles.